The van der Waals surface area contributed by atoms with Crippen molar-refractivity contribution in [2.45, 2.75) is 53.2 Å². The van der Waals surface area contributed by atoms with Gasteiger partial charge in [-0.2, -0.15) is 10.2 Å². The lowest BCUT2D eigenvalue weighted by atomic mass is 10.1. The second-order valence-electron chi connectivity index (χ2n) is 5.28. The third-order valence-electron chi connectivity index (χ3n) is 3.49. The number of aromatic nitrogens is 4. The number of hydrogen-bond donors (Lipinski definition) is 1. The van der Waals surface area contributed by atoms with Crippen LogP contribution < -0.4 is 5.32 Å². The van der Waals surface area contributed by atoms with Crippen LogP contribution in [-0.4, -0.2) is 25.5 Å². The van der Waals surface area contributed by atoms with Gasteiger partial charge in [0, 0.05) is 37.5 Å². The Balaban J connectivity index is 1.88. The van der Waals surface area contributed by atoms with Crippen molar-refractivity contribution in [3.8, 4) is 0 Å². The van der Waals surface area contributed by atoms with Crippen LogP contribution >= 0.6 is 0 Å². The van der Waals surface area contributed by atoms with Crippen molar-refractivity contribution in [1.82, 2.24) is 24.9 Å². The van der Waals surface area contributed by atoms with Gasteiger partial charge in [-0.05, 0) is 33.8 Å². The monoisotopic (exact) mass is 289 g/mol. The predicted octanol–water partition coefficient (Wildman–Crippen LogP) is 1.98. The Morgan fingerprint density at radius 2 is 2.10 bits per heavy atom. The third-order valence-corrected chi connectivity index (χ3v) is 3.49. The van der Waals surface area contributed by atoms with Crippen LogP contribution in [0, 0.1) is 13.8 Å². The Labute approximate surface area is 125 Å². The van der Waals surface area contributed by atoms with E-state index in [2.05, 4.69) is 15.5 Å². The number of rotatable bonds is 6. The van der Waals surface area contributed by atoms with Crippen LogP contribution in [0.5, 0.6) is 0 Å². The second-order valence-corrected chi connectivity index (χ2v) is 5.28. The summed E-state index contributed by atoms with van der Waals surface area (Å²) in [5.74, 6) is 0.0271. The average molecular weight is 289 g/mol. The zero-order chi connectivity index (χ0) is 15.4. The Kier molecular flexibility index (Phi) is 4.77. The zero-order valence-corrected chi connectivity index (χ0v) is 13.1. The molecular weight excluding hydrogens is 266 g/mol. The van der Waals surface area contributed by atoms with Gasteiger partial charge >= 0.3 is 0 Å². The Hall–Kier alpha value is -2.11. The minimum atomic E-state index is -0.0304. The molecule has 0 saturated carbocycles. The van der Waals surface area contributed by atoms with E-state index in [4.69, 9.17) is 0 Å². The Morgan fingerprint density at radius 3 is 2.67 bits per heavy atom. The molecule has 2 rings (SSSR count). The summed E-state index contributed by atoms with van der Waals surface area (Å²) in [4.78, 5) is 12.0. The molecule has 2 heterocycles. The average Bonchev–Trinajstić information content (AvgIpc) is 3.02. The lowest BCUT2D eigenvalue weighted by molar-refractivity contribution is -0.122. The number of aryl methyl sites for hydroxylation is 4. The largest absolute Gasteiger partial charge is 0.349 e. The summed E-state index contributed by atoms with van der Waals surface area (Å²) in [5, 5.41) is 11.7. The van der Waals surface area contributed by atoms with E-state index in [-0.39, 0.29) is 11.9 Å². The fourth-order valence-corrected chi connectivity index (χ4v) is 2.32. The fourth-order valence-electron chi connectivity index (χ4n) is 2.32. The van der Waals surface area contributed by atoms with Crippen LogP contribution in [0.1, 0.15) is 43.3 Å². The lowest BCUT2D eigenvalue weighted by Crippen LogP contribution is -2.27. The quantitative estimate of drug-likeness (QED) is 0.884. The van der Waals surface area contributed by atoms with E-state index in [1.54, 1.807) is 4.68 Å². The van der Waals surface area contributed by atoms with Crippen molar-refractivity contribution in [3.63, 3.8) is 0 Å². The van der Waals surface area contributed by atoms with Crippen LogP contribution in [-0.2, 0) is 17.9 Å². The van der Waals surface area contributed by atoms with Crippen LogP contribution in [0.2, 0.25) is 0 Å². The summed E-state index contributed by atoms with van der Waals surface area (Å²) >= 11 is 0. The Bertz CT molecular complexity index is 613. The molecule has 1 N–H and O–H groups in total. The predicted molar refractivity (Wildman–Crippen MR) is 80.8 cm³/mol. The molecule has 0 aliphatic heterocycles. The highest BCUT2D eigenvalue weighted by atomic mass is 16.1. The maximum Gasteiger partial charge on any atom is 0.222 e. The maximum atomic E-state index is 12.0. The molecule has 0 aromatic carbocycles. The molecule has 1 atom stereocenters. The number of carbonyl (C=O) groups is 1. The standard InChI is InChI=1S/C15H23N5O/c1-5-19-10-14(13(4)18-19)12(3)16-15(21)7-9-20-8-6-11(2)17-20/h6,8,10,12H,5,7,9H2,1-4H3,(H,16,21). The second kappa shape index (κ2) is 6.56. The van der Waals surface area contributed by atoms with Crippen LogP contribution in [0.4, 0.5) is 0 Å². The van der Waals surface area contributed by atoms with Crippen molar-refractivity contribution in [2.75, 3.05) is 0 Å². The number of nitrogens with one attached hydrogen (secondary N) is 1. The van der Waals surface area contributed by atoms with Gasteiger partial charge in [-0.3, -0.25) is 14.2 Å². The first-order chi connectivity index (χ1) is 9.99. The molecule has 0 bridgehead atoms. The summed E-state index contributed by atoms with van der Waals surface area (Å²) in [6.45, 7) is 9.37. The van der Waals surface area contributed by atoms with Crippen LogP contribution in [0.15, 0.2) is 18.5 Å². The summed E-state index contributed by atoms with van der Waals surface area (Å²) in [7, 11) is 0. The normalized spacial score (nSPS) is 12.4. The van der Waals surface area contributed by atoms with Crippen molar-refractivity contribution in [2.24, 2.45) is 0 Å². The highest BCUT2D eigenvalue weighted by molar-refractivity contribution is 5.76. The van der Waals surface area contributed by atoms with Crippen molar-refractivity contribution in [3.05, 3.63) is 35.4 Å². The van der Waals surface area contributed by atoms with Gasteiger partial charge in [-0.15, -0.1) is 0 Å². The van der Waals surface area contributed by atoms with Gasteiger partial charge in [0.2, 0.25) is 5.91 Å². The SMILES string of the molecule is CCn1cc(C(C)NC(=O)CCn2ccc(C)n2)c(C)n1. The number of hydrogen-bond acceptors (Lipinski definition) is 3. The van der Waals surface area contributed by atoms with Crippen molar-refractivity contribution in [1.29, 1.82) is 0 Å². The molecule has 2 aromatic heterocycles. The van der Waals surface area contributed by atoms with Gasteiger partial charge in [0.1, 0.15) is 0 Å². The molecule has 2 aromatic rings. The minimum Gasteiger partial charge on any atom is -0.349 e. The molecule has 1 amide bonds. The molecule has 0 radical (unpaired) electrons. The zero-order valence-electron chi connectivity index (χ0n) is 13.1. The first-order valence-electron chi connectivity index (χ1n) is 7.33. The smallest absolute Gasteiger partial charge is 0.222 e. The minimum absolute atomic E-state index is 0.0271. The summed E-state index contributed by atoms with van der Waals surface area (Å²) in [6, 6.07) is 1.90. The fraction of sp³-hybridized carbons (Fsp3) is 0.533. The number of nitrogens with zero attached hydrogens (tertiary/aromatic N) is 4. The number of carbonyl (C=O) groups excluding carboxylic acids is 1. The van der Waals surface area contributed by atoms with E-state index in [1.165, 1.54) is 0 Å². The van der Waals surface area contributed by atoms with E-state index in [9.17, 15) is 4.79 Å². The van der Waals surface area contributed by atoms with Crippen LogP contribution in [0.25, 0.3) is 0 Å². The van der Waals surface area contributed by atoms with Crippen molar-refractivity contribution >= 4 is 5.91 Å². The topological polar surface area (TPSA) is 64.7 Å². The summed E-state index contributed by atoms with van der Waals surface area (Å²) in [6.07, 6.45) is 4.31. The molecule has 6 nitrogen and oxygen atoms in total. The van der Waals surface area contributed by atoms with E-state index < -0.39 is 0 Å². The van der Waals surface area contributed by atoms with E-state index in [0.717, 1.165) is 23.5 Å². The highest BCUT2D eigenvalue weighted by Gasteiger charge is 2.14. The van der Waals surface area contributed by atoms with E-state index in [0.29, 0.717) is 13.0 Å². The lowest BCUT2D eigenvalue weighted by Gasteiger charge is -2.13. The van der Waals surface area contributed by atoms with Gasteiger partial charge in [0.15, 0.2) is 0 Å². The maximum absolute atomic E-state index is 12.0. The molecule has 21 heavy (non-hydrogen) atoms. The summed E-state index contributed by atoms with van der Waals surface area (Å²) in [5.41, 5.74) is 3.00. The molecule has 0 fully saturated rings. The molecule has 0 aliphatic rings. The molecule has 1 unspecified atom stereocenters. The third kappa shape index (κ3) is 3.93. The highest BCUT2D eigenvalue weighted by Crippen LogP contribution is 2.16. The first kappa shape index (κ1) is 15.3. The molecule has 0 saturated heterocycles. The van der Waals surface area contributed by atoms with E-state index in [1.807, 2.05) is 50.8 Å². The summed E-state index contributed by atoms with van der Waals surface area (Å²) < 4.78 is 3.68. The Morgan fingerprint density at radius 1 is 1.33 bits per heavy atom. The first-order valence-corrected chi connectivity index (χ1v) is 7.33. The number of amides is 1. The van der Waals surface area contributed by atoms with Crippen LogP contribution in [0.3, 0.4) is 0 Å². The van der Waals surface area contributed by atoms with Crippen molar-refractivity contribution < 1.29 is 4.79 Å². The van der Waals surface area contributed by atoms with Gasteiger partial charge in [0.05, 0.1) is 17.4 Å². The molecule has 114 valence electrons. The van der Waals surface area contributed by atoms with Gasteiger partial charge in [0.25, 0.3) is 0 Å². The molecule has 0 spiro atoms. The molecule has 0 aliphatic carbocycles. The van der Waals surface area contributed by atoms with E-state index >= 15 is 0 Å². The molecule has 6 heteroatoms. The van der Waals surface area contributed by atoms with Gasteiger partial charge < -0.3 is 5.32 Å². The van der Waals surface area contributed by atoms with Gasteiger partial charge in [-0.25, -0.2) is 0 Å². The molecular formula is C15H23N5O. The van der Waals surface area contributed by atoms with Gasteiger partial charge in [-0.1, -0.05) is 0 Å².